The number of hydrogen-bond acceptors (Lipinski definition) is 9. The Kier molecular flexibility index (Phi) is 6.39. The zero-order valence-corrected chi connectivity index (χ0v) is 23.2. The fraction of sp³-hybridized carbons (Fsp3) is 0.448. The Morgan fingerprint density at radius 3 is 2.42 bits per heavy atom. The van der Waals surface area contributed by atoms with Gasteiger partial charge in [-0.25, -0.2) is 4.79 Å². The topological polar surface area (TPSA) is 103 Å². The van der Waals surface area contributed by atoms with Gasteiger partial charge in [0.15, 0.2) is 11.3 Å². The zero-order valence-electron chi connectivity index (χ0n) is 21.7. The van der Waals surface area contributed by atoms with E-state index in [4.69, 9.17) is 42.0 Å². The molecule has 0 N–H and O–H groups in total. The quantitative estimate of drug-likeness (QED) is 0.336. The minimum Gasteiger partial charge on any atom is -0.464 e. The van der Waals surface area contributed by atoms with E-state index in [-0.39, 0.29) is 41.9 Å². The molecule has 9 nitrogen and oxygen atoms in total. The molecule has 0 spiro atoms. The second-order valence-electron chi connectivity index (χ2n) is 11.0. The van der Waals surface area contributed by atoms with Crippen molar-refractivity contribution in [3.63, 3.8) is 0 Å². The molecule has 3 unspecified atom stereocenters. The van der Waals surface area contributed by atoms with Gasteiger partial charge in [0.2, 0.25) is 0 Å². The van der Waals surface area contributed by atoms with Crippen LogP contribution in [0.3, 0.4) is 0 Å². The molecule has 3 aliphatic heterocycles. The second kappa shape index (κ2) is 9.96. The smallest absolute Gasteiger partial charge is 0.360 e. The van der Waals surface area contributed by atoms with Crippen molar-refractivity contribution in [3.05, 3.63) is 57.7 Å². The molecule has 0 amide bonds. The van der Waals surface area contributed by atoms with Gasteiger partial charge in [0.25, 0.3) is 0 Å². The molecule has 4 heterocycles. The molecule has 208 valence electrons. The van der Waals surface area contributed by atoms with Crippen LogP contribution >= 0.6 is 23.2 Å². The normalized spacial score (nSPS) is 27.4. The number of anilines is 1. The molecule has 3 fully saturated rings. The van der Waals surface area contributed by atoms with Crippen LogP contribution in [-0.2, 0) is 19.1 Å². The first-order valence-electron chi connectivity index (χ1n) is 13.6. The fourth-order valence-corrected chi connectivity index (χ4v) is 7.17. The first-order chi connectivity index (χ1) is 19.4. The Bertz CT molecular complexity index is 1500. The predicted molar refractivity (Wildman–Crippen MR) is 148 cm³/mol. The van der Waals surface area contributed by atoms with Crippen molar-refractivity contribution < 1.29 is 28.4 Å². The van der Waals surface area contributed by atoms with Gasteiger partial charge >= 0.3 is 11.9 Å². The van der Waals surface area contributed by atoms with E-state index in [0.717, 1.165) is 31.4 Å². The van der Waals surface area contributed by atoms with E-state index in [9.17, 15) is 9.59 Å². The number of rotatable bonds is 6. The lowest BCUT2D eigenvalue weighted by Crippen LogP contribution is -2.47. The van der Waals surface area contributed by atoms with Gasteiger partial charge in [-0.05, 0) is 55.9 Å². The molecule has 2 bridgehead atoms. The number of oxime groups is 1. The number of esters is 2. The molecule has 1 saturated carbocycles. The summed E-state index contributed by atoms with van der Waals surface area (Å²) in [5.41, 5.74) is 2.67. The average Bonchev–Trinajstić information content (AvgIpc) is 3.45. The number of hydrogen-bond donors (Lipinski definition) is 0. The van der Waals surface area contributed by atoms with Crippen LogP contribution in [0.15, 0.2) is 46.1 Å². The molecule has 3 aromatic rings. The van der Waals surface area contributed by atoms with Gasteiger partial charge in [-0.2, -0.15) is 0 Å². The van der Waals surface area contributed by atoms with Gasteiger partial charge in [-0.3, -0.25) is 4.79 Å². The molecular weight excluding hydrogens is 557 g/mol. The van der Waals surface area contributed by atoms with Crippen LogP contribution in [0, 0.1) is 11.8 Å². The van der Waals surface area contributed by atoms with Gasteiger partial charge in [0, 0.05) is 42.2 Å². The predicted octanol–water partition coefficient (Wildman–Crippen LogP) is 5.79. The van der Waals surface area contributed by atoms with Crippen molar-refractivity contribution in [1.29, 1.82) is 0 Å². The third kappa shape index (κ3) is 4.30. The lowest BCUT2D eigenvalue weighted by atomic mass is 9.89. The number of aromatic nitrogens is 1. The summed E-state index contributed by atoms with van der Waals surface area (Å²) in [6.45, 7) is 0. The van der Waals surface area contributed by atoms with Crippen molar-refractivity contribution in [2.45, 2.75) is 62.8 Å². The van der Waals surface area contributed by atoms with Crippen molar-refractivity contribution in [2.24, 2.45) is 17.0 Å². The Balaban J connectivity index is 1.09. The third-order valence-electron chi connectivity index (χ3n) is 8.56. The number of methoxy groups -OCH3 is 1. The van der Waals surface area contributed by atoms with Crippen LogP contribution < -0.4 is 4.90 Å². The highest BCUT2D eigenvalue weighted by Crippen LogP contribution is 2.45. The maximum atomic E-state index is 13.7. The highest BCUT2D eigenvalue weighted by Gasteiger charge is 2.51. The Morgan fingerprint density at radius 1 is 1.02 bits per heavy atom. The number of benzene rings is 2. The number of halogens is 2. The van der Waals surface area contributed by atoms with Crippen molar-refractivity contribution in [1.82, 2.24) is 5.16 Å². The number of fused-ring (bicyclic) bond motifs is 3. The van der Waals surface area contributed by atoms with Gasteiger partial charge in [-0.15, -0.1) is 0 Å². The van der Waals surface area contributed by atoms with Crippen LogP contribution in [0.1, 0.15) is 54.6 Å². The summed E-state index contributed by atoms with van der Waals surface area (Å²) in [6.07, 6.45) is 4.83. The summed E-state index contributed by atoms with van der Waals surface area (Å²) in [7, 11) is 1.32. The summed E-state index contributed by atoms with van der Waals surface area (Å²) >= 11 is 13.0. The average molecular weight is 584 g/mol. The fourth-order valence-electron chi connectivity index (χ4n) is 6.58. The van der Waals surface area contributed by atoms with Crippen molar-refractivity contribution in [3.8, 4) is 0 Å². The standard InChI is InChI=1S/C29H27Cl2N3O6/c1-37-29(36)25-19-10-9-17(13-22(19)39-32-25)34-15-7-8-16(34)12-18(11-15)38-28(35)24-26(33-40-27(24)14-5-6-14)23-20(30)3-2-4-21(23)31/h2-4,9-10,13-16,18,24,27H,5-8,11-12H2,1H3/t15-,16+,18?,24?,27?. The molecule has 1 aromatic heterocycles. The highest BCUT2D eigenvalue weighted by molar-refractivity contribution is 6.41. The van der Waals surface area contributed by atoms with Gasteiger partial charge in [0.1, 0.15) is 23.8 Å². The summed E-state index contributed by atoms with van der Waals surface area (Å²) in [5, 5.41) is 9.66. The number of piperidine rings is 1. The molecule has 7 rings (SSSR count). The first kappa shape index (κ1) is 25.7. The summed E-state index contributed by atoms with van der Waals surface area (Å²) in [5.74, 6) is -1.27. The molecule has 1 aliphatic carbocycles. The van der Waals surface area contributed by atoms with Crippen LogP contribution in [0.5, 0.6) is 0 Å². The molecule has 5 atom stereocenters. The van der Waals surface area contributed by atoms with Crippen LogP contribution in [0.4, 0.5) is 5.69 Å². The lowest BCUT2D eigenvalue weighted by Gasteiger charge is -2.40. The van der Waals surface area contributed by atoms with E-state index in [2.05, 4.69) is 15.2 Å². The molecule has 4 aliphatic rings. The van der Waals surface area contributed by atoms with Crippen LogP contribution in [-0.4, -0.2) is 54.2 Å². The van der Waals surface area contributed by atoms with E-state index in [1.165, 1.54) is 7.11 Å². The summed E-state index contributed by atoms with van der Waals surface area (Å²) < 4.78 is 16.4. The van der Waals surface area contributed by atoms with E-state index < -0.39 is 11.9 Å². The number of ether oxygens (including phenoxy) is 2. The summed E-state index contributed by atoms with van der Waals surface area (Å²) in [6, 6.07) is 11.4. The summed E-state index contributed by atoms with van der Waals surface area (Å²) in [4.78, 5) is 33.9. The highest BCUT2D eigenvalue weighted by atomic mass is 35.5. The van der Waals surface area contributed by atoms with Crippen LogP contribution in [0.25, 0.3) is 11.0 Å². The maximum Gasteiger partial charge on any atom is 0.360 e. The molecule has 0 radical (unpaired) electrons. The monoisotopic (exact) mass is 583 g/mol. The Hall–Kier alpha value is -3.30. The minimum atomic E-state index is -0.668. The van der Waals surface area contributed by atoms with Gasteiger partial charge in [0.05, 0.1) is 22.5 Å². The molecular formula is C29H27Cl2N3O6. The number of carbonyl (C=O) groups is 2. The molecule has 2 saturated heterocycles. The minimum absolute atomic E-state index is 0.166. The van der Waals surface area contributed by atoms with Gasteiger partial charge in [-0.1, -0.05) is 39.6 Å². The molecule has 2 aromatic carbocycles. The lowest BCUT2D eigenvalue weighted by molar-refractivity contribution is -0.156. The van der Waals surface area contributed by atoms with Crippen molar-refractivity contribution >= 4 is 57.5 Å². The molecule has 40 heavy (non-hydrogen) atoms. The third-order valence-corrected chi connectivity index (χ3v) is 9.19. The number of nitrogens with zero attached hydrogens (tertiary/aromatic N) is 3. The zero-order chi connectivity index (χ0) is 27.5. The van der Waals surface area contributed by atoms with Gasteiger partial charge < -0.3 is 23.7 Å². The Labute approximate surface area is 240 Å². The second-order valence-corrected chi connectivity index (χ2v) is 11.8. The Morgan fingerprint density at radius 2 is 1.75 bits per heavy atom. The van der Waals surface area contributed by atoms with Crippen LogP contribution in [0.2, 0.25) is 10.0 Å². The molecule has 11 heteroatoms. The maximum absolute atomic E-state index is 13.7. The van der Waals surface area contributed by atoms with E-state index in [1.54, 1.807) is 18.2 Å². The first-order valence-corrected chi connectivity index (χ1v) is 14.3. The van der Waals surface area contributed by atoms with Crippen molar-refractivity contribution in [2.75, 3.05) is 12.0 Å². The van der Waals surface area contributed by atoms with E-state index in [0.29, 0.717) is 45.1 Å². The number of carbonyl (C=O) groups excluding carboxylic acids is 2. The SMILES string of the molecule is COC(=O)c1noc2cc(N3[C@@H]4CC[C@H]3CC(OC(=O)C3C(c5c(Cl)cccc5Cl)=NOC3C3CC3)C4)ccc12. The van der Waals surface area contributed by atoms with E-state index >= 15 is 0 Å². The van der Waals surface area contributed by atoms with E-state index in [1.807, 2.05) is 18.2 Å². The largest absolute Gasteiger partial charge is 0.464 e.